The molecule has 1 amide bonds. The molecule has 1 aliphatic rings. The SMILES string of the molecule is CCC(Sc1nnc2c(n1)[nH]c1ccccc12)C(=O)N1CCc2ncccc21. The van der Waals surface area contributed by atoms with Gasteiger partial charge in [0.1, 0.15) is 5.52 Å². The van der Waals surface area contributed by atoms with Crippen molar-refractivity contribution in [2.75, 3.05) is 11.4 Å². The number of aromatic amines is 1. The van der Waals surface area contributed by atoms with Crippen LogP contribution in [-0.2, 0) is 11.2 Å². The molecule has 8 heteroatoms. The fourth-order valence-corrected chi connectivity index (χ4v) is 4.48. The Kier molecular flexibility index (Phi) is 4.20. The van der Waals surface area contributed by atoms with E-state index < -0.39 is 0 Å². The van der Waals surface area contributed by atoms with Crippen molar-refractivity contribution in [3.63, 3.8) is 0 Å². The smallest absolute Gasteiger partial charge is 0.240 e. The van der Waals surface area contributed by atoms with E-state index in [0.717, 1.165) is 34.2 Å². The summed E-state index contributed by atoms with van der Waals surface area (Å²) in [6.45, 7) is 2.67. The van der Waals surface area contributed by atoms with Gasteiger partial charge >= 0.3 is 0 Å². The third kappa shape index (κ3) is 2.80. The predicted molar refractivity (Wildman–Crippen MR) is 109 cm³/mol. The maximum atomic E-state index is 13.1. The number of hydrogen-bond donors (Lipinski definition) is 1. The summed E-state index contributed by atoms with van der Waals surface area (Å²) in [5.41, 5.74) is 4.31. The van der Waals surface area contributed by atoms with Crippen LogP contribution in [0.3, 0.4) is 0 Å². The van der Waals surface area contributed by atoms with Crippen LogP contribution < -0.4 is 4.90 Å². The minimum Gasteiger partial charge on any atom is -0.338 e. The summed E-state index contributed by atoms with van der Waals surface area (Å²) < 4.78 is 0. The number of nitrogens with zero attached hydrogens (tertiary/aromatic N) is 5. The van der Waals surface area contributed by atoms with Crippen molar-refractivity contribution in [3.8, 4) is 0 Å². The lowest BCUT2D eigenvalue weighted by Gasteiger charge is -2.22. The van der Waals surface area contributed by atoms with Crippen molar-refractivity contribution in [2.45, 2.75) is 30.2 Å². The van der Waals surface area contributed by atoms with Crippen molar-refractivity contribution < 1.29 is 4.79 Å². The Bertz CT molecular complexity index is 1190. The molecule has 0 saturated heterocycles. The number of rotatable bonds is 4. The van der Waals surface area contributed by atoms with E-state index in [9.17, 15) is 4.79 Å². The average molecular weight is 390 g/mol. The molecular formula is C20H18N6OS. The molecule has 1 N–H and O–H groups in total. The van der Waals surface area contributed by atoms with Crippen LogP contribution in [0.1, 0.15) is 19.0 Å². The number of benzene rings is 1. The first-order chi connectivity index (χ1) is 13.7. The van der Waals surface area contributed by atoms with Crippen molar-refractivity contribution in [2.24, 2.45) is 0 Å². The lowest BCUT2D eigenvalue weighted by atomic mass is 10.2. The van der Waals surface area contributed by atoms with Crippen molar-refractivity contribution in [1.82, 2.24) is 25.1 Å². The molecule has 0 aliphatic carbocycles. The van der Waals surface area contributed by atoms with Gasteiger partial charge in [0.05, 0.1) is 16.6 Å². The number of amides is 1. The highest BCUT2D eigenvalue weighted by Crippen LogP contribution is 2.31. The average Bonchev–Trinajstić information content (AvgIpc) is 3.32. The van der Waals surface area contributed by atoms with Crippen LogP contribution in [0.15, 0.2) is 47.8 Å². The molecule has 7 nitrogen and oxygen atoms in total. The lowest BCUT2D eigenvalue weighted by Crippen LogP contribution is -2.36. The first-order valence-corrected chi connectivity index (χ1v) is 10.2. The van der Waals surface area contributed by atoms with Gasteiger partial charge < -0.3 is 9.88 Å². The maximum absolute atomic E-state index is 13.1. The first kappa shape index (κ1) is 17.1. The molecule has 3 aromatic heterocycles. The highest BCUT2D eigenvalue weighted by atomic mass is 32.2. The van der Waals surface area contributed by atoms with Crippen LogP contribution in [0.5, 0.6) is 0 Å². The molecule has 28 heavy (non-hydrogen) atoms. The molecule has 0 radical (unpaired) electrons. The van der Waals surface area contributed by atoms with Crippen molar-refractivity contribution >= 4 is 45.4 Å². The van der Waals surface area contributed by atoms with E-state index in [2.05, 4.69) is 25.1 Å². The summed E-state index contributed by atoms with van der Waals surface area (Å²) in [7, 11) is 0. The Morgan fingerprint density at radius 2 is 2.14 bits per heavy atom. The summed E-state index contributed by atoms with van der Waals surface area (Å²) in [6, 6.07) is 11.7. The van der Waals surface area contributed by atoms with Gasteiger partial charge in [-0.25, -0.2) is 4.98 Å². The Hall–Kier alpha value is -3.00. The Balaban J connectivity index is 1.42. The zero-order chi connectivity index (χ0) is 19.1. The molecule has 0 saturated carbocycles. The highest BCUT2D eigenvalue weighted by Gasteiger charge is 2.31. The van der Waals surface area contributed by atoms with Crippen LogP contribution in [-0.4, -0.2) is 42.9 Å². The maximum Gasteiger partial charge on any atom is 0.240 e. The monoisotopic (exact) mass is 390 g/mol. The molecule has 0 bridgehead atoms. The van der Waals surface area contributed by atoms with Gasteiger partial charge in [0.25, 0.3) is 0 Å². The Morgan fingerprint density at radius 1 is 1.25 bits per heavy atom. The van der Waals surface area contributed by atoms with Gasteiger partial charge in [0.2, 0.25) is 11.1 Å². The minimum absolute atomic E-state index is 0.0691. The number of para-hydroxylation sites is 1. The molecule has 1 unspecified atom stereocenters. The largest absolute Gasteiger partial charge is 0.338 e. The van der Waals surface area contributed by atoms with Crippen LogP contribution in [0.4, 0.5) is 5.69 Å². The van der Waals surface area contributed by atoms with Crippen LogP contribution in [0, 0.1) is 0 Å². The number of carbonyl (C=O) groups excluding carboxylic acids is 1. The van der Waals surface area contributed by atoms with E-state index in [1.54, 1.807) is 6.20 Å². The topological polar surface area (TPSA) is 87.7 Å². The molecule has 0 spiro atoms. The van der Waals surface area contributed by atoms with Crippen LogP contribution >= 0.6 is 11.8 Å². The van der Waals surface area contributed by atoms with E-state index in [0.29, 0.717) is 23.8 Å². The zero-order valence-corrected chi connectivity index (χ0v) is 16.1. The van der Waals surface area contributed by atoms with Gasteiger partial charge in [-0.15, -0.1) is 10.2 Å². The third-order valence-electron chi connectivity index (χ3n) is 4.99. The van der Waals surface area contributed by atoms with Gasteiger partial charge in [0, 0.05) is 30.1 Å². The van der Waals surface area contributed by atoms with E-state index in [1.165, 1.54) is 11.8 Å². The number of H-pyrrole nitrogens is 1. The molecule has 1 aliphatic heterocycles. The fourth-order valence-electron chi connectivity index (χ4n) is 3.60. The van der Waals surface area contributed by atoms with E-state index in [4.69, 9.17) is 0 Å². The van der Waals surface area contributed by atoms with Gasteiger partial charge in [-0.05, 0) is 24.6 Å². The summed E-state index contributed by atoms with van der Waals surface area (Å²) in [5, 5.41) is 9.85. The van der Waals surface area contributed by atoms with E-state index >= 15 is 0 Å². The van der Waals surface area contributed by atoms with Gasteiger partial charge in [0.15, 0.2) is 5.65 Å². The van der Waals surface area contributed by atoms with Crippen LogP contribution in [0.2, 0.25) is 0 Å². The van der Waals surface area contributed by atoms with Crippen molar-refractivity contribution in [3.05, 3.63) is 48.3 Å². The second kappa shape index (κ2) is 6.87. The van der Waals surface area contributed by atoms with Crippen molar-refractivity contribution in [1.29, 1.82) is 0 Å². The number of hydrogen-bond acceptors (Lipinski definition) is 6. The molecule has 4 heterocycles. The minimum atomic E-state index is -0.269. The number of anilines is 1. The summed E-state index contributed by atoms with van der Waals surface area (Å²) in [4.78, 5) is 27.2. The fraction of sp³-hybridized carbons (Fsp3) is 0.250. The number of aromatic nitrogens is 5. The lowest BCUT2D eigenvalue weighted by molar-refractivity contribution is -0.118. The summed E-state index contributed by atoms with van der Waals surface area (Å²) in [5.74, 6) is 0.0691. The number of carbonyl (C=O) groups is 1. The van der Waals surface area contributed by atoms with Gasteiger partial charge in [-0.2, -0.15) is 0 Å². The predicted octanol–water partition coefficient (Wildman–Crippen LogP) is 3.36. The summed E-state index contributed by atoms with van der Waals surface area (Å²) >= 11 is 1.37. The molecule has 5 rings (SSSR count). The quantitative estimate of drug-likeness (QED) is 0.538. The number of nitrogens with one attached hydrogen (secondary N) is 1. The second-order valence-electron chi connectivity index (χ2n) is 6.69. The zero-order valence-electron chi connectivity index (χ0n) is 15.3. The molecular weight excluding hydrogens is 372 g/mol. The number of fused-ring (bicyclic) bond motifs is 4. The van der Waals surface area contributed by atoms with Gasteiger partial charge in [-0.1, -0.05) is 36.9 Å². The van der Waals surface area contributed by atoms with Gasteiger partial charge in [-0.3, -0.25) is 9.78 Å². The van der Waals surface area contributed by atoms with Crippen LogP contribution in [0.25, 0.3) is 22.1 Å². The normalized spacial score (nSPS) is 14.5. The highest BCUT2D eigenvalue weighted by molar-refractivity contribution is 8.00. The number of pyridine rings is 1. The molecule has 1 atom stereocenters. The third-order valence-corrected chi connectivity index (χ3v) is 6.19. The second-order valence-corrected chi connectivity index (χ2v) is 7.86. The number of thioether (sulfide) groups is 1. The standard InChI is InChI=1S/C20H18N6OS/c1-2-16(19(27)26-11-9-14-15(26)8-5-10-21-14)28-20-23-18-17(24-25-20)12-6-3-4-7-13(12)22-18/h3-8,10,16H,2,9,11H2,1H3,(H,22,23,25). The Morgan fingerprint density at radius 3 is 3.04 bits per heavy atom. The molecule has 4 aromatic rings. The molecule has 140 valence electrons. The van der Waals surface area contributed by atoms with E-state index in [-0.39, 0.29) is 11.2 Å². The van der Waals surface area contributed by atoms with E-state index in [1.807, 2.05) is 48.2 Å². The molecule has 0 fully saturated rings. The molecule has 1 aromatic carbocycles. The first-order valence-electron chi connectivity index (χ1n) is 9.27. The Labute approximate surface area is 165 Å². The summed E-state index contributed by atoms with van der Waals surface area (Å²) in [6.07, 6.45) is 3.25.